The van der Waals surface area contributed by atoms with Crippen molar-refractivity contribution in [1.82, 2.24) is 4.57 Å². The molecule has 4 aromatic carbocycles. The van der Waals surface area contributed by atoms with Crippen LogP contribution < -0.4 is 24.6 Å². The normalized spacial score (nSPS) is 18.7. The number of imide groups is 1. The Kier molecular flexibility index (Phi) is 8.23. The third kappa shape index (κ3) is 5.64. The molecule has 1 aromatic heterocycles. The number of nitrogens with zero attached hydrogens (tertiary/aromatic N) is 2. The van der Waals surface area contributed by atoms with E-state index in [1.165, 1.54) is 30.9 Å². The number of para-hydroxylation sites is 1. The molecule has 14 heteroatoms. The Bertz CT molecular complexity index is 2210. The van der Waals surface area contributed by atoms with Gasteiger partial charge in [-0.15, -0.1) is 0 Å². The number of hydrogen-bond donors (Lipinski definition) is 1. The van der Waals surface area contributed by atoms with E-state index >= 15 is 0 Å². The Morgan fingerprint density at radius 3 is 2.31 bits per heavy atom. The minimum atomic E-state index is -4.84. The molecule has 1 N–H and O–H groups in total. The van der Waals surface area contributed by atoms with Crippen LogP contribution in [0.4, 0.5) is 24.5 Å². The van der Waals surface area contributed by atoms with Crippen LogP contribution in [0.1, 0.15) is 21.9 Å². The molecule has 0 bridgehead atoms. The Morgan fingerprint density at radius 1 is 0.857 bits per heavy atom. The summed E-state index contributed by atoms with van der Waals surface area (Å²) in [6.07, 6.45) is -4.84. The fourth-order valence-electron chi connectivity index (χ4n) is 6.42. The average molecular weight is 706 g/mol. The second-order valence-electron chi connectivity index (χ2n) is 11.4. The summed E-state index contributed by atoms with van der Waals surface area (Å²) in [4.78, 5) is 55.6. The number of halogens is 3. The van der Waals surface area contributed by atoms with Crippen LogP contribution >= 0.6 is 23.1 Å². The van der Waals surface area contributed by atoms with E-state index < -0.39 is 63.7 Å². The molecule has 9 nitrogen and oxygen atoms in total. The van der Waals surface area contributed by atoms with Crippen molar-refractivity contribution in [3.8, 4) is 11.5 Å². The van der Waals surface area contributed by atoms with Gasteiger partial charge < -0.3 is 14.8 Å². The van der Waals surface area contributed by atoms with Gasteiger partial charge in [0.15, 0.2) is 11.5 Å². The number of ether oxygens (including phenoxy) is 2. The topological polar surface area (TPSA) is 107 Å². The summed E-state index contributed by atoms with van der Waals surface area (Å²) in [6.45, 7) is -0.400. The maximum atomic E-state index is 14.2. The molecule has 0 aliphatic carbocycles. The average Bonchev–Trinajstić information content (AvgIpc) is 3.53. The fourth-order valence-corrected chi connectivity index (χ4v) is 9.19. The molecule has 2 aliphatic heterocycles. The molecule has 3 heterocycles. The molecule has 3 atom stereocenters. The zero-order valence-corrected chi connectivity index (χ0v) is 27.4. The zero-order chi connectivity index (χ0) is 34.6. The van der Waals surface area contributed by atoms with Crippen molar-refractivity contribution in [2.24, 2.45) is 5.92 Å². The van der Waals surface area contributed by atoms with Gasteiger partial charge in [0, 0.05) is 16.5 Å². The molecule has 5 aromatic rings. The number of aromatic nitrogens is 1. The lowest BCUT2D eigenvalue weighted by atomic mass is 9.83. The first-order chi connectivity index (χ1) is 23.5. The second kappa shape index (κ2) is 12.4. The van der Waals surface area contributed by atoms with Crippen molar-refractivity contribution in [1.29, 1.82) is 0 Å². The Hall–Kier alpha value is -5.08. The Balaban J connectivity index is 1.30. The van der Waals surface area contributed by atoms with Gasteiger partial charge in [-0.3, -0.25) is 23.7 Å². The number of carbonyl (C=O) groups is 3. The summed E-state index contributed by atoms with van der Waals surface area (Å²) in [5.41, 5.74) is -0.691. The molecule has 0 radical (unpaired) electrons. The minimum Gasteiger partial charge on any atom is -0.493 e. The van der Waals surface area contributed by atoms with Gasteiger partial charge in [-0.25, -0.2) is 4.90 Å². The number of carbonyl (C=O) groups excluding carboxylic acids is 3. The number of alkyl halides is 3. The number of anilines is 2. The highest BCUT2D eigenvalue weighted by molar-refractivity contribution is 8.00. The standard InChI is InChI=1S/C35H26F3N3O6S2/c1-46-24-14-12-20(16-25(24)47-2)27-28-29(32(44)41(31(28)43)23-10-6-5-9-22(23)35(36,37)38)48-33-30(27)49-34(45)40(33)17-26(42)39-21-13-11-18-7-3-4-8-19(18)15-21/h3-16,27-29H,17H2,1-2H3,(H,39,42). The first-order valence-electron chi connectivity index (χ1n) is 14.9. The van der Waals surface area contributed by atoms with E-state index in [0.717, 1.165) is 46.0 Å². The third-order valence-corrected chi connectivity index (χ3v) is 11.2. The molecular weight excluding hydrogens is 680 g/mol. The fraction of sp³-hybridized carbons (Fsp3) is 0.200. The van der Waals surface area contributed by atoms with Crippen LogP contribution in [0.3, 0.4) is 0 Å². The smallest absolute Gasteiger partial charge is 0.418 e. The van der Waals surface area contributed by atoms with Crippen molar-refractivity contribution < 1.29 is 37.0 Å². The number of amides is 3. The first kappa shape index (κ1) is 32.5. The SMILES string of the molecule is COc1ccc(C2c3sc(=O)n(CC(=O)Nc4ccc5ccccc5c4)c3SC3C(=O)N(c4ccccc4C(F)(F)F)C(=O)C32)cc1OC. The molecule has 7 rings (SSSR count). The molecule has 0 spiro atoms. The van der Waals surface area contributed by atoms with E-state index in [1.807, 2.05) is 36.4 Å². The van der Waals surface area contributed by atoms with Crippen LogP contribution in [-0.4, -0.2) is 41.8 Å². The number of thiazole rings is 1. The van der Waals surface area contributed by atoms with Crippen LogP contribution in [0.2, 0.25) is 0 Å². The van der Waals surface area contributed by atoms with E-state index in [9.17, 15) is 32.3 Å². The second-order valence-corrected chi connectivity index (χ2v) is 13.5. The van der Waals surface area contributed by atoms with Crippen LogP contribution in [0.5, 0.6) is 11.5 Å². The quantitative estimate of drug-likeness (QED) is 0.192. The molecule has 3 amide bonds. The molecule has 250 valence electrons. The van der Waals surface area contributed by atoms with Gasteiger partial charge in [-0.05, 0) is 52.7 Å². The lowest BCUT2D eigenvalue weighted by molar-refractivity contribution is -0.137. The maximum Gasteiger partial charge on any atom is 0.418 e. The van der Waals surface area contributed by atoms with E-state index in [4.69, 9.17) is 9.47 Å². The number of nitrogens with one attached hydrogen (secondary N) is 1. The van der Waals surface area contributed by atoms with E-state index in [-0.39, 0.29) is 5.03 Å². The molecular formula is C35H26F3N3O6S2. The van der Waals surface area contributed by atoms with Gasteiger partial charge in [-0.2, -0.15) is 13.2 Å². The molecule has 0 saturated carbocycles. The van der Waals surface area contributed by atoms with Crippen molar-refractivity contribution >= 4 is 63.0 Å². The predicted octanol–water partition coefficient (Wildman–Crippen LogP) is 6.53. The molecule has 49 heavy (non-hydrogen) atoms. The molecule has 2 aliphatic rings. The summed E-state index contributed by atoms with van der Waals surface area (Å²) in [5.74, 6) is -3.57. The highest BCUT2D eigenvalue weighted by Crippen LogP contribution is 2.55. The summed E-state index contributed by atoms with van der Waals surface area (Å²) < 4.78 is 54.4. The highest BCUT2D eigenvalue weighted by Gasteiger charge is 2.58. The predicted molar refractivity (Wildman–Crippen MR) is 180 cm³/mol. The van der Waals surface area contributed by atoms with Crippen molar-refractivity contribution in [3.05, 3.63) is 111 Å². The van der Waals surface area contributed by atoms with Gasteiger partial charge in [0.05, 0.1) is 36.4 Å². The van der Waals surface area contributed by atoms with Crippen LogP contribution in [0.25, 0.3) is 10.8 Å². The first-order valence-corrected chi connectivity index (χ1v) is 16.6. The number of methoxy groups -OCH3 is 2. The monoisotopic (exact) mass is 705 g/mol. The molecule has 3 unspecified atom stereocenters. The summed E-state index contributed by atoms with van der Waals surface area (Å²) in [5, 5.41) is 3.81. The lowest BCUT2D eigenvalue weighted by Crippen LogP contribution is -2.33. The van der Waals surface area contributed by atoms with Gasteiger partial charge in [0.25, 0.3) is 0 Å². The highest BCUT2D eigenvalue weighted by atomic mass is 32.2. The van der Waals surface area contributed by atoms with E-state index in [2.05, 4.69) is 5.32 Å². The third-order valence-electron chi connectivity index (χ3n) is 8.60. The summed E-state index contributed by atoms with van der Waals surface area (Å²) in [7, 11) is 2.88. The van der Waals surface area contributed by atoms with Crippen molar-refractivity contribution in [3.63, 3.8) is 0 Å². The molecule has 1 saturated heterocycles. The number of hydrogen-bond acceptors (Lipinski definition) is 8. The van der Waals surface area contributed by atoms with Gasteiger partial charge in [0.2, 0.25) is 17.7 Å². The number of thioether (sulfide) groups is 1. The van der Waals surface area contributed by atoms with Gasteiger partial charge in [-0.1, -0.05) is 71.6 Å². The van der Waals surface area contributed by atoms with Crippen LogP contribution in [-0.2, 0) is 27.1 Å². The van der Waals surface area contributed by atoms with E-state index in [0.29, 0.717) is 32.5 Å². The van der Waals surface area contributed by atoms with Crippen LogP contribution in [0.15, 0.2) is 94.7 Å². The van der Waals surface area contributed by atoms with Crippen molar-refractivity contribution in [2.75, 3.05) is 24.4 Å². The van der Waals surface area contributed by atoms with Crippen LogP contribution in [0, 0.1) is 5.92 Å². The number of rotatable bonds is 7. The number of fused-ring (bicyclic) bond motifs is 3. The van der Waals surface area contributed by atoms with Gasteiger partial charge >= 0.3 is 11.0 Å². The Morgan fingerprint density at radius 2 is 1.57 bits per heavy atom. The maximum absolute atomic E-state index is 14.2. The Labute approximate surface area is 285 Å². The lowest BCUT2D eigenvalue weighted by Gasteiger charge is -2.31. The minimum absolute atomic E-state index is 0.289. The van der Waals surface area contributed by atoms with Gasteiger partial charge in [0.1, 0.15) is 11.8 Å². The largest absolute Gasteiger partial charge is 0.493 e. The zero-order valence-electron chi connectivity index (χ0n) is 25.8. The summed E-state index contributed by atoms with van der Waals surface area (Å²) >= 11 is 1.73. The summed E-state index contributed by atoms with van der Waals surface area (Å²) in [6, 6.07) is 22.4. The number of benzene rings is 4. The van der Waals surface area contributed by atoms with Crippen molar-refractivity contribution in [2.45, 2.75) is 28.9 Å². The molecule has 1 fully saturated rings. The van der Waals surface area contributed by atoms with E-state index in [1.54, 1.807) is 24.3 Å².